The third-order valence-electron chi connectivity index (χ3n) is 3.55. The van der Waals surface area contributed by atoms with E-state index in [1.54, 1.807) is 0 Å². The number of carbonyl (C=O) groups excluding carboxylic acids is 1. The minimum Gasteiger partial charge on any atom is -0.481 e. The first-order valence-electron chi connectivity index (χ1n) is 8.12. The molecular formula is C16H32N2O3. The highest BCUT2D eigenvalue weighted by atomic mass is 16.4. The number of hydrogen-bond acceptors (Lipinski definition) is 3. The number of carbonyl (C=O) groups is 2. The van der Waals surface area contributed by atoms with Gasteiger partial charge in [0.15, 0.2) is 0 Å². The number of hydrogen-bond donors (Lipinski definition) is 1. The summed E-state index contributed by atoms with van der Waals surface area (Å²) in [5.41, 5.74) is 0. The summed E-state index contributed by atoms with van der Waals surface area (Å²) >= 11 is 0. The van der Waals surface area contributed by atoms with Gasteiger partial charge in [0.25, 0.3) is 0 Å². The smallest absolute Gasteiger partial charge is 0.303 e. The lowest BCUT2D eigenvalue weighted by Gasteiger charge is -2.28. The minimum atomic E-state index is -0.789. The Kier molecular flexibility index (Phi) is 10.9. The molecule has 0 saturated heterocycles. The first kappa shape index (κ1) is 19.9. The summed E-state index contributed by atoms with van der Waals surface area (Å²) in [5.74, 6) is -0.186. The monoisotopic (exact) mass is 300 g/mol. The Morgan fingerprint density at radius 1 is 1.00 bits per heavy atom. The Bertz CT molecular complexity index is 302. The van der Waals surface area contributed by atoms with Crippen LogP contribution < -0.4 is 0 Å². The maximum atomic E-state index is 12.3. The predicted molar refractivity (Wildman–Crippen MR) is 85.3 cm³/mol. The number of carboxylic acid groups (broad SMARTS) is 1. The number of unbranched alkanes of at least 4 members (excludes halogenated alkanes) is 1. The fourth-order valence-electron chi connectivity index (χ4n) is 2.27. The van der Waals surface area contributed by atoms with E-state index in [4.69, 9.17) is 5.11 Å². The molecule has 0 fully saturated rings. The molecule has 0 spiro atoms. The molecule has 0 aromatic heterocycles. The molecule has 1 amide bonds. The molecule has 5 nitrogen and oxygen atoms in total. The van der Waals surface area contributed by atoms with Gasteiger partial charge in [-0.1, -0.05) is 27.7 Å². The normalized spacial score (nSPS) is 11.1. The second-order valence-electron chi connectivity index (χ2n) is 5.86. The third-order valence-corrected chi connectivity index (χ3v) is 3.55. The van der Waals surface area contributed by atoms with Gasteiger partial charge in [-0.2, -0.15) is 0 Å². The van der Waals surface area contributed by atoms with Gasteiger partial charge in [0.1, 0.15) is 0 Å². The van der Waals surface area contributed by atoms with Crippen LogP contribution in [-0.2, 0) is 9.59 Å². The lowest BCUT2D eigenvalue weighted by Crippen LogP contribution is -2.40. The van der Waals surface area contributed by atoms with E-state index in [1.165, 1.54) is 0 Å². The van der Waals surface area contributed by atoms with Crippen molar-refractivity contribution in [1.29, 1.82) is 0 Å². The molecule has 1 N–H and O–H groups in total. The number of likely N-dealkylation sites (N-methyl/N-ethyl adjacent to an activating group) is 1. The van der Waals surface area contributed by atoms with E-state index in [0.717, 1.165) is 32.7 Å². The van der Waals surface area contributed by atoms with Crippen molar-refractivity contribution >= 4 is 11.9 Å². The van der Waals surface area contributed by atoms with E-state index in [-0.39, 0.29) is 12.3 Å². The zero-order valence-corrected chi connectivity index (χ0v) is 14.1. The summed E-state index contributed by atoms with van der Waals surface area (Å²) in [5, 5.41) is 8.61. The molecule has 124 valence electrons. The van der Waals surface area contributed by atoms with Crippen LogP contribution in [0.2, 0.25) is 0 Å². The van der Waals surface area contributed by atoms with Gasteiger partial charge >= 0.3 is 5.97 Å². The molecule has 0 bridgehead atoms. The third kappa shape index (κ3) is 10.3. The van der Waals surface area contributed by atoms with Crippen molar-refractivity contribution in [2.24, 2.45) is 5.92 Å². The second kappa shape index (κ2) is 11.5. The van der Waals surface area contributed by atoms with E-state index in [9.17, 15) is 9.59 Å². The average molecular weight is 300 g/mol. The number of nitrogens with zero attached hydrogens (tertiary/aromatic N) is 2. The van der Waals surface area contributed by atoms with Crippen LogP contribution in [0.4, 0.5) is 0 Å². The fourth-order valence-corrected chi connectivity index (χ4v) is 2.27. The second-order valence-corrected chi connectivity index (χ2v) is 5.86. The van der Waals surface area contributed by atoms with Gasteiger partial charge in [0.2, 0.25) is 5.91 Å². The average Bonchev–Trinajstić information content (AvgIpc) is 2.42. The lowest BCUT2D eigenvalue weighted by atomic mass is 10.1. The molecule has 0 aliphatic heterocycles. The number of carboxylic acids is 1. The molecule has 0 unspecified atom stereocenters. The molecule has 0 aromatic carbocycles. The summed E-state index contributed by atoms with van der Waals surface area (Å²) < 4.78 is 0. The Hall–Kier alpha value is -1.10. The molecular weight excluding hydrogens is 268 g/mol. The molecule has 0 heterocycles. The number of rotatable bonds is 12. The largest absolute Gasteiger partial charge is 0.481 e. The van der Waals surface area contributed by atoms with Gasteiger partial charge < -0.3 is 14.9 Å². The van der Waals surface area contributed by atoms with Crippen molar-refractivity contribution in [1.82, 2.24) is 9.80 Å². The topological polar surface area (TPSA) is 60.9 Å². The van der Waals surface area contributed by atoms with Crippen molar-refractivity contribution in [3.8, 4) is 0 Å². The van der Waals surface area contributed by atoms with E-state index >= 15 is 0 Å². The highest BCUT2D eigenvalue weighted by Gasteiger charge is 2.15. The predicted octanol–water partition coefficient (Wildman–Crippen LogP) is 2.46. The number of amides is 1. The summed E-state index contributed by atoms with van der Waals surface area (Å²) in [6.45, 7) is 12.9. The molecule has 0 aliphatic carbocycles. The molecule has 0 aliphatic rings. The van der Waals surface area contributed by atoms with Gasteiger partial charge in [-0.05, 0) is 31.8 Å². The minimum absolute atomic E-state index is 0.150. The van der Waals surface area contributed by atoms with E-state index < -0.39 is 5.97 Å². The van der Waals surface area contributed by atoms with Gasteiger partial charge in [0.05, 0.1) is 0 Å². The molecule has 0 saturated carbocycles. The van der Waals surface area contributed by atoms with E-state index in [2.05, 4.69) is 32.6 Å². The van der Waals surface area contributed by atoms with Crippen LogP contribution in [0.25, 0.3) is 0 Å². The Morgan fingerprint density at radius 2 is 1.57 bits per heavy atom. The zero-order valence-electron chi connectivity index (χ0n) is 14.1. The van der Waals surface area contributed by atoms with Crippen molar-refractivity contribution in [3.63, 3.8) is 0 Å². The van der Waals surface area contributed by atoms with Crippen LogP contribution in [0, 0.1) is 5.92 Å². The summed E-state index contributed by atoms with van der Waals surface area (Å²) in [7, 11) is 0. The highest BCUT2D eigenvalue weighted by Crippen LogP contribution is 2.07. The van der Waals surface area contributed by atoms with Gasteiger partial charge in [-0.25, -0.2) is 0 Å². The number of aliphatic carboxylic acids is 1. The molecule has 21 heavy (non-hydrogen) atoms. The van der Waals surface area contributed by atoms with Gasteiger partial charge in [-0.3, -0.25) is 9.59 Å². The standard InChI is InChI=1S/C16H32N2O3/c1-5-17(6-2)11-12-18(13-14(3)4)15(19)9-7-8-10-16(20)21/h14H,5-13H2,1-4H3,(H,20,21). The highest BCUT2D eigenvalue weighted by molar-refractivity contribution is 5.76. The Labute approximate surface area is 129 Å². The van der Waals surface area contributed by atoms with Crippen LogP contribution in [-0.4, -0.2) is 59.5 Å². The van der Waals surface area contributed by atoms with Gasteiger partial charge in [0, 0.05) is 32.5 Å². The molecule has 0 radical (unpaired) electrons. The Morgan fingerprint density at radius 3 is 2.05 bits per heavy atom. The lowest BCUT2D eigenvalue weighted by molar-refractivity contribution is -0.137. The molecule has 0 atom stereocenters. The SMILES string of the molecule is CCN(CC)CCN(CC(C)C)C(=O)CCCCC(=O)O. The van der Waals surface area contributed by atoms with Crippen LogP contribution in [0.1, 0.15) is 53.4 Å². The van der Waals surface area contributed by atoms with Crippen molar-refractivity contribution < 1.29 is 14.7 Å². The summed E-state index contributed by atoms with van der Waals surface area (Å²) in [4.78, 5) is 27.0. The maximum absolute atomic E-state index is 12.3. The summed E-state index contributed by atoms with van der Waals surface area (Å²) in [6, 6.07) is 0. The van der Waals surface area contributed by atoms with E-state index in [0.29, 0.717) is 25.2 Å². The zero-order chi connectivity index (χ0) is 16.3. The summed E-state index contributed by atoms with van der Waals surface area (Å²) in [6.07, 6.45) is 1.84. The molecule has 0 aromatic rings. The van der Waals surface area contributed by atoms with Crippen molar-refractivity contribution in [2.45, 2.75) is 53.4 Å². The fraction of sp³-hybridized carbons (Fsp3) is 0.875. The molecule has 0 rings (SSSR count). The van der Waals surface area contributed by atoms with Crippen LogP contribution in [0.3, 0.4) is 0 Å². The first-order chi connectivity index (χ1) is 9.90. The van der Waals surface area contributed by atoms with Gasteiger partial charge in [-0.15, -0.1) is 0 Å². The Balaban J connectivity index is 4.25. The van der Waals surface area contributed by atoms with Crippen LogP contribution in [0.5, 0.6) is 0 Å². The van der Waals surface area contributed by atoms with Crippen LogP contribution in [0.15, 0.2) is 0 Å². The quantitative estimate of drug-likeness (QED) is 0.562. The van der Waals surface area contributed by atoms with E-state index in [1.807, 2.05) is 4.90 Å². The first-order valence-corrected chi connectivity index (χ1v) is 8.12. The van der Waals surface area contributed by atoms with Crippen molar-refractivity contribution in [3.05, 3.63) is 0 Å². The van der Waals surface area contributed by atoms with Crippen molar-refractivity contribution in [2.75, 3.05) is 32.7 Å². The molecule has 5 heteroatoms. The maximum Gasteiger partial charge on any atom is 0.303 e. The van der Waals surface area contributed by atoms with Crippen LogP contribution >= 0.6 is 0 Å².